The molecule has 1 aliphatic heterocycles. The van der Waals surface area contributed by atoms with Crippen LogP contribution in [0.2, 0.25) is 0 Å². The van der Waals surface area contributed by atoms with Crippen molar-refractivity contribution in [1.29, 1.82) is 5.26 Å². The Bertz CT molecular complexity index is 855. The molecule has 0 aromatic heterocycles. The number of aliphatic imine (C=N–C) groups is 1. The minimum absolute atomic E-state index is 0. The summed E-state index contributed by atoms with van der Waals surface area (Å²) >= 11 is 0. The van der Waals surface area contributed by atoms with Gasteiger partial charge in [0.1, 0.15) is 11.5 Å². The van der Waals surface area contributed by atoms with Crippen LogP contribution in [0, 0.1) is 11.3 Å². The third-order valence-corrected chi connectivity index (χ3v) is 5.08. The van der Waals surface area contributed by atoms with E-state index in [1.165, 1.54) is 5.56 Å². The van der Waals surface area contributed by atoms with Gasteiger partial charge in [-0.2, -0.15) is 5.26 Å². The molecule has 1 heterocycles. The van der Waals surface area contributed by atoms with Crippen LogP contribution in [0.15, 0.2) is 47.5 Å². The number of hydrogen-bond donors (Lipinski definition) is 1. The maximum Gasteiger partial charge on any atom is 0.193 e. The standard InChI is InChI=1S/C22H26N4O2.HI/c1-24-22(25-14-17-6-4-16(13-23)5-7-17)26-9-8-18(15-26)19-10-20(27-2)12-21(11-19)28-3;/h4-7,10-12,18H,8-9,14-15H2,1-3H3,(H,24,25);1H. The van der Waals surface area contributed by atoms with E-state index in [0.29, 0.717) is 18.0 Å². The summed E-state index contributed by atoms with van der Waals surface area (Å²) in [5, 5.41) is 12.3. The van der Waals surface area contributed by atoms with E-state index in [2.05, 4.69) is 33.4 Å². The lowest BCUT2D eigenvalue weighted by Gasteiger charge is -2.22. The lowest BCUT2D eigenvalue weighted by Crippen LogP contribution is -2.39. The largest absolute Gasteiger partial charge is 0.497 e. The maximum atomic E-state index is 8.91. The fourth-order valence-corrected chi connectivity index (χ4v) is 3.50. The summed E-state index contributed by atoms with van der Waals surface area (Å²) in [4.78, 5) is 6.72. The van der Waals surface area contributed by atoms with Crippen molar-refractivity contribution in [2.45, 2.75) is 18.9 Å². The first kappa shape index (κ1) is 22.8. The smallest absolute Gasteiger partial charge is 0.193 e. The second kappa shape index (κ2) is 10.9. The van der Waals surface area contributed by atoms with Gasteiger partial charge < -0.3 is 19.7 Å². The van der Waals surface area contributed by atoms with Crippen molar-refractivity contribution >= 4 is 29.9 Å². The molecule has 1 fully saturated rings. The summed E-state index contributed by atoms with van der Waals surface area (Å²) in [6.45, 7) is 2.51. The highest BCUT2D eigenvalue weighted by atomic mass is 127. The number of nitriles is 1. The Morgan fingerprint density at radius 3 is 2.38 bits per heavy atom. The molecule has 1 saturated heterocycles. The quantitative estimate of drug-likeness (QED) is 0.380. The zero-order valence-electron chi connectivity index (χ0n) is 17.0. The third kappa shape index (κ3) is 5.76. The fraction of sp³-hybridized carbons (Fsp3) is 0.364. The van der Waals surface area contributed by atoms with Gasteiger partial charge in [0.2, 0.25) is 0 Å². The number of benzene rings is 2. The number of guanidine groups is 1. The zero-order valence-corrected chi connectivity index (χ0v) is 19.3. The van der Waals surface area contributed by atoms with E-state index in [-0.39, 0.29) is 24.0 Å². The molecule has 2 aromatic rings. The number of nitrogens with one attached hydrogen (secondary N) is 1. The molecule has 0 aliphatic carbocycles. The Morgan fingerprint density at radius 1 is 1.17 bits per heavy atom. The summed E-state index contributed by atoms with van der Waals surface area (Å²) < 4.78 is 10.8. The normalized spacial score (nSPS) is 16.0. The van der Waals surface area contributed by atoms with E-state index in [0.717, 1.165) is 42.5 Å². The molecule has 1 N–H and O–H groups in total. The number of hydrogen-bond acceptors (Lipinski definition) is 4. The molecule has 2 aromatic carbocycles. The summed E-state index contributed by atoms with van der Waals surface area (Å²) in [6, 6.07) is 15.8. The van der Waals surface area contributed by atoms with Crippen LogP contribution in [0.3, 0.4) is 0 Å². The number of nitrogens with zero attached hydrogens (tertiary/aromatic N) is 3. The molecule has 1 aliphatic rings. The number of ether oxygens (including phenoxy) is 2. The molecular weight excluding hydrogens is 479 g/mol. The lowest BCUT2D eigenvalue weighted by atomic mass is 9.98. The first-order chi connectivity index (χ1) is 13.7. The van der Waals surface area contributed by atoms with Crippen LogP contribution in [0.5, 0.6) is 11.5 Å². The van der Waals surface area contributed by atoms with E-state index in [1.807, 2.05) is 37.4 Å². The van der Waals surface area contributed by atoms with Gasteiger partial charge in [0.05, 0.1) is 25.9 Å². The van der Waals surface area contributed by atoms with Gasteiger partial charge >= 0.3 is 0 Å². The number of rotatable bonds is 5. The van der Waals surface area contributed by atoms with Crippen LogP contribution in [-0.2, 0) is 6.54 Å². The highest BCUT2D eigenvalue weighted by Crippen LogP contribution is 2.32. The Labute approximate surface area is 189 Å². The van der Waals surface area contributed by atoms with Gasteiger partial charge in [-0.25, -0.2) is 0 Å². The first-order valence-corrected chi connectivity index (χ1v) is 9.34. The average molecular weight is 506 g/mol. The van der Waals surface area contributed by atoms with Gasteiger partial charge in [-0.15, -0.1) is 24.0 Å². The van der Waals surface area contributed by atoms with Gasteiger partial charge in [0.25, 0.3) is 0 Å². The van der Waals surface area contributed by atoms with E-state index in [9.17, 15) is 0 Å². The van der Waals surface area contributed by atoms with E-state index >= 15 is 0 Å². The highest BCUT2D eigenvalue weighted by molar-refractivity contribution is 14.0. The van der Waals surface area contributed by atoms with Crippen molar-refractivity contribution in [1.82, 2.24) is 10.2 Å². The second-order valence-electron chi connectivity index (χ2n) is 6.79. The van der Waals surface area contributed by atoms with Crippen molar-refractivity contribution in [2.24, 2.45) is 4.99 Å². The summed E-state index contributed by atoms with van der Waals surface area (Å²) in [5.41, 5.74) is 3.01. The van der Waals surface area contributed by atoms with Crippen molar-refractivity contribution in [2.75, 3.05) is 34.4 Å². The zero-order chi connectivity index (χ0) is 19.9. The molecule has 0 amide bonds. The molecule has 0 bridgehead atoms. The predicted octanol–water partition coefficient (Wildman–Crippen LogP) is 3.76. The SMILES string of the molecule is CN=C(NCc1ccc(C#N)cc1)N1CCC(c2cc(OC)cc(OC)c2)C1.I. The lowest BCUT2D eigenvalue weighted by molar-refractivity contribution is 0.392. The monoisotopic (exact) mass is 506 g/mol. The topological polar surface area (TPSA) is 69.9 Å². The van der Waals surface area contributed by atoms with Crippen molar-refractivity contribution in [3.05, 3.63) is 59.2 Å². The summed E-state index contributed by atoms with van der Waals surface area (Å²) in [5.74, 6) is 2.92. The van der Waals surface area contributed by atoms with Crippen molar-refractivity contribution in [3.8, 4) is 17.6 Å². The van der Waals surface area contributed by atoms with Gasteiger partial charge in [-0.1, -0.05) is 12.1 Å². The van der Waals surface area contributed by atoms with Crippen LogP contribution in [0.25, 0.3) is 0 Å². The maximum absolute atomic E-state index is 8.91. The van der Waals surface area contributed by atoms with Gasteiger partial charge in [-0.3, -0.25) is 4.99 Å². The Balaban J connectivity index is 0.00000300. The number of likely N-dealkylation sites (tertiary alicyclic amines) is 1. The van der Waals surface area contributed by atoms with Crippen LogP contribution >= 0.6 is 24.0 Å². The van der Waals surface area contributed by atoms with Crippen molar-refractivity contribution < 1.29 is 9.47 Å². The summed E-state index contributed by atoms with van der Waals surface area (Å²) in [7, 11) is 5.16. The summed E-state index contributed by atoms with van der Waals surface area (Å²) in [6.07, 6.45) is 1.05. The van der Waals surface area contributed by atoms with Crippen LogP contribution < -0.4 is 14.8 Å². The molecule has 1 atom stereocenters. The highest BCUT2D eigenvalue weighted by Gasteiger charge is 2.26. The first-order valence-electron chi connectivity index (χ1n) is 9.34. The third-order valence-electron chi connectivity index (χ3n) is 5.08. The molecular formula is C22H27IN4O2. The molecule has 7 heteroatoms. The van der Waals surface area contributed by atoms with Crippen LogP contribution in [0.1, 0.15) is 29.0 Å². The Hall–Kier alpha value is -2.47. The molecule has 3 rings (SSSR count). The average Bonchev–Trinajstić information content (AvgIpc) is 3.24. The molecule has 0 saturated carbocycles. The van der Waals surface area contributed by atoms with E-state index in [1.54, 1.807) is 14.2 Å². The van der Waals surface area contributed by atoms with E-state index < -0.39 is 0 Å². The molecule has 0 radical (unpaired) electrons. The van der Waals surface area contributed by atoms with Gasteiger partial charge in [0, 0.05) is 38.7 Å². The molecule has 1 unspecified atom stereocenters. The molecule has 0 spiro atoms. The number of halogens is 1. The Morgan fingerprint density at radius 2 is 1.83 bits per heavy atom. The van der Waals surface area contributed by atoms with Gasteiger partial charge in [-0.05, 0) is 41.8 Å². The van der Waals surface area contributed by atoms with Crippen LogP contribution in [0.4, 0.5) is 0 Å². The van der Waals surface area contributed by atoms with E-state index in [4.69, 9.17) is 14.7 Å². The minimum atomic E-state index is 0. The number of methoxy groups -OCH3 is 2. The van der Waals surface area contributed by atoms with Crippen molar-refractivity contribution in [3.63, 3.8) is 0 Å². The molecule has 154 valence electrons. The second-order valence-corrected chi connectivity index (χ2v) is 6.79. The minimum Gasteiger partial charge on any atom is -0.497 e. The van der Waals surface area contributed by atoms with Gasteiger partial charge in [0.15, 0.2) is 5.96 Å². The predicted molar refractivity (Wildman–Crippen MR) is 125 cm³/mol. The molecule has 29 heavy (non-hydrogen) atoms. The molecule has 6 nitrogen and oxygen atoms in total. The fourth-order valence-electron chi connectivity index (χ4n) is 3.50. The Kier molecular flexibility index (Phi) is 8.58. The van der Waals surface area contributed by atoms with Crippen LogP contribution in [-0.4, -0.2) is 45.2 Å².